The molecule has 0 unspecified atom stereocenters. The number of carbonyl (C=O) groups excluding carboxylic acids is 1. The van der Waals surface area contributed by atoms with E-state index in [1.165, 1.54) is 0 Å². The van der Waals surface area contributed by atoms with Gasteiger partial charge in [-0.05, 0) is 17.7 Å². The quantitative estimate of drug-likeness (QED) is 0.678. The molecule has 3 nitrogen and oxygen atoms in total. The fraction of sp³-hybridized carbons (Fsp3) is 0.417. The Bertz CT molecular complexity index is 421. The molecule has 5 heteroatoms. The normalized spacial score (nSPS) is 11.1. The number of carbonyl (C=O) groups is 1. The summed E-state index contributed by atoms with van der Waals surface area (Å²) in [5.41, 5.74) is 0.730. The van der Waals surface area contributed by atoms with Crippen molar-refractivity contribution in [2.24, 2.45) is 0 Å². The highest BCUT2D eigenvalue weighted by molar-refractivity contribution is 9.18. The number of methoxy groups -OCH3 is 1. The van der Waals surface area contributed by atoms with Crippen LogP contribution < -0.4 is 10.1 Å². The number of amides is 1. The molecule has 0 radical (unpaired) electrons. The fourth-order valence-corrected chi connectivity index (χ4v) is 2.12. The monoisotopic (exact) mass is 319 g/mol. The summed E-state index contributed by atoms with van der Waals surface area (Å²) in [5.74, 6) is 0.721. The van der Waals surface area contributed by atoms with Crippen molar-refractivity contribution < 1.29 is 9.53 Å². The Hall–Kier alpha value is -0.740. The largest absolute Gasteiger partial charge is 0.497 e. The minimum absolute atomic E-state index is 0.227. The second-order valence-corrected chi connectivity index (χ2v) is 5.48. The molecule has 0 aliphatic carbocycles. The summed E-state index contributed by atoms with van der Waals surface area (Å²) in [6, 6.07) is 5.55. The maximum Gasteiger partial charge on any atom is 0.287 e. The van der Waals surface area contributed by atoms with Crippen LogP contribution >= 0.6 is 27.5 Å². The molecule has 1 rings (SSSR count). The molecule has 0 saturated heterocycles. The van der Waals surface area contributed by atoms with Crippen molar-refractivity contribution >= 4 is 32.3 Å². The standard InChI is InChI=1S/C12H15BrClNO2/c1-12(2,7-15-11(13)16)9-5-4-8(17-3)6-10(9)14/h4-6H,7H2,1-3H3,(H,15,16). The van der Waals surface area contributed by atoms with Crippen LogP contribution in [-0.4, -0.2) is 18.5 Å². The Kier molecular flexibility index (Phi) is 4.83. The summed E-state index contributed by atoms with van der Waals surface area (Å²) in [4.78, 5) is 10.6. The van der Waals surface area contributed by atoms with Gasteiger partial charge in [-0.2, -0.15) is 0 Å². The summed E-state index contributed by atoms with van der Waals surface area (Å²) in [6.07, 6.45) is 0. The van der Waals surface area contributed by atoms with Crippen LogP contribution in [0.15, 0.2) is 18.2 Å². The Morgan fingerprint density at radius 3 is 2.65 bits per heavy atom. The van der Waals surface area contributed by atoms with Crippen LogP contribution in [0.25, 0.3) is 0 Å². The Balaban J connectivity index is 2.94. The summed E-state index contributed by atoms with van der Waals surface area (Å²) >= 11 is 9.04. The molecule has 17 heavy (non-hydrogen) atoms. The van der Waals surface area contributed by atoms with Crippen LogP contribution in [0.5, 0.6) is 5.75 Å². The van der Waals surface area contributed by atoms with Gasteiger partial charge in [-0.15, -0.1) is 0 Å². The number of nitrogens with one attached hydrogen (secondary N) is 1. The molecule has 0 atom stereocenters. The van der Waals surface area contributed by atoms with Crippen molar-refractivity contribution in [3.63, 3.8) is 0 Å². The van der Waals surface area contributed by atoms with Crippen molar-refractivity contribution in [2.75, 3.05) is 13.7 Å². The highest BCUT2D eigenvalue weighted by Crippen LogP contribution is 2.32. The van der Waals surface area contributed by atoms with Gasteiger partial charge in [-0.25, -0.2) is 0 Å². The van der Waals surface area contributed by atoms with Crippen LogP contribution in [0.3, 0.4) is 0 Å². The number of hydrogen-bond donors (Lipinski definition) is 1. The van der Waals surface area contributed by atoms with Crippen LogP contribution in [0.4, 0.5) is 4.79 Å². The molecule has 0 spiro atoms. The first-order chi connectivity index (χ1) is 7.86. The van der Waals surface area contributed by atoms with E-state index in [9.17, 15) is 4.79 Å². The molecule has 0 bridgehead atoms. The fourth-order valence-electron chi connectivity index (χ4n) is 1.56. The second kappa shape index (κ2) is 5.74. The van der Waals surface area contributed by atoms with E-state index in [-0.39, 0.29) is 10.2 Å². The van der Waals surface area contributed by atoms with Crippen molar-refractivity contribution in [3.8, 4) is 5.75 Å². The lowest BCUT2D eigenvalue weighted by Crippen LogP contribution is -2.34. The van der Waals surface area contributed by atoms with E-state index in [2.05, 4.69) is 21.2 Å². The first-order valence-electron chi connectivity index (χ1n) is 5.14. The zero-order valence-electron chi connectivity index (χ0n) is 10.0. The maximum atomic E-state index is 10.9. The average molecular weight is 321 g/mol. The smallest absolute Gasteiger partial charge is 0.287 e. The number of ether oxygens (including phenoxy) is 1. The first-order valence-corrected chi connectivity index (χ1v) is 6.31. The van der Waals surface area contributed by atoms with Gasteiger partial charge in [0.25, 0.3) is 4.82 Å². The summed E-state index contributed by atoms with van der Waals surface area (Å²) in [7, 11) is 1.60. The Labute approximate surface area is 115 Å². The predicted octanol–water partition coefficient (Wildman–Crippen LogP) is 3.73. The van der Waals surface area contributed by atoms with E-state index in [0.717, 1.165) is 11.3 Å². The molecule has 0 aliphatic heterocycles. The molecular weight excluding hydrogens is 305 g/mol. The third kappa shape index (κ3) is 3.89. The zero-order chi connectivity index (χ0) is 13.1. The lowest BCUT2D eigenvalue weighted by molar-refractivity contribution is 0.259. The van der Waals surface area contributed by atoms with Crippen LogP contribution in [0, 0.1) is 0 Å². The van der Waals surface area contributed by atoms with Crippen LogP contribution in [-0.2, 0) is 5.41 Å². The minimum atomic E-state index is -0.243. The van der Waals surface area contributed by atoms with E-state index in [0.29, 0.717) is 11.6 Å². The van der Waals surface area contributed by atoms with Crippen LogP contribution in [0.1, 0.15) is 19.4 Å². The van der Waals surface area contributed by atoms with Crippen molar-refractivity contribution in [2.45, 2.75) is 19.3 Å². The van der Waals surface area contributed by atoms with E-state index >= 15 is 0 Å². The van der Waals surface area contributed by atoms with E-state index in [1.807, 2.05) is 26.0 Å². The van der Waals surface area contributed by atoms with E-state index in [4.69, 9.17) is 16.3 Å². The molecule has 1 N–H and O–H groups in total. The predicted molar refractivity (Wildman–Crippen MR) is 73.4 cm³/mol. The topological polar surface area (TPSA) is 38.3 Å². The number of hydrogen-bond acceptors (Lipinski definition) is 2. The lowest BCUT2D eigenvalue weighted by Gasteiger charge is -2.26. The Morgan fingerprint density at radius 2 is 2.18 bits per heavy atom. The van der Waals surface area contributed by atoms with Crippen molar-refractivity contribution in [1.82, 2.24) is 5.32 Å². The molecule has 0 heterocycles. The van der Waals surface area contributed by atoms with Gasteiger partial charge in [0.15, 0.2) is 0 Å². The van der Waals surface area contributed by atoms with Crippen LogP contribution in [0.2, 0.25) is 5.02 Å². The van der Waals surface area contributed by atoms with Gasteiger partial charge < -0.3 is 10.1 Å². The van der Waals surface area contributed by atoms with Gasteiger partial charge in [-0.1, -0.05) is 31.5 Å². The van der Waals surface area contributed by atoms with Gasteiger partial charge in [0.1, 0.15) is 5.75 Å². The lowest BCUT2D eigenvalue weighted by atomic mass is 9.84. The van der Waals surface area contributed by atoms with E-state index < -0.39 is 0 Å². The molecular formula is C12H15BrClNO2. The highest BCUT2D eigenvalue weighted by atomic mass is 79.9. The third-order valence-corrected chi connectivity index (χ3v) is 3.17. The number of benzene rings is 1. The first kappa shape index (κ1) is 14.3. The van der Waals surface area contributed by atoms with Gasteiger partial charge in [0, 0.05) is 32.9 Å². The highest BCUT2D eigenvalue weighted by Gasteiger charge is 2.24. The molecule has 1 aromatic carbocycles. The summed E-state index contributed by atoms with van der Waals surface area (Å²) in [6.45, 7) is 4.54. The summed E-state index contributed by atoms with van der Waals surface area (Å²) < 4.78 is 5.10. The SMILES string of the molecule is COc1ccc(C(C)(C)CNC(=O)Br)c(Cl)c1. The molecule has 1 aromatic rings. The molecule has 94 valence electrons. The third-order valence-electron chi connectivity index (χ3n) is 2.57. The van der Waals surface area contributed by atoms with E-state index in [1.54, 1.807) is 13.2 Å². The molecule has 0 aliphatic rings. The average Bonchev–Trinajstić information content (AvgIpc) is 2.26. The van der Waals surface area contributed by atoms with Gasteiger partial charge in [-0.3, -0.25) is 4.79 Å². The van der Waals surface area contributed by atoms with Gasteiger partial charge in [0.05, 0.1) is 7.11 Å². The van der Waals surface area contributed by atoms with Gasteiger partial charge >= 0.3 is 0 Å². The van der Waals surface area contributed by atoms with Gasteiger partial charge in [0.2, 0.25) is 0 Å². The molecule has 0 saturated carbocycles. The Morgan fingerprint density at radius 1 is 1.53 bits per heavy atom. The zero-order valence-corrected chi connectivity index (χ0v) is 12.4. The number of halogens is 2. The molecule has 0 aromatic heterocycles. The number of rotatable bonds is 4. The maximum absolute atomic E-state index is 10.9. The summed E-state index contributed by atoms with van der Waals surface area (Å²) in [5, 5.41) is 3.37. The second-order valence-electron chi connectivity index (χ2n) is 4.36. The molecule has 0 fully saturated rings. The van der Waals surface area contributed by atoms with Crippen molar-refractivity contribution in [1.29, 1.82) is 0 Å². The minimum Gasteiger partial charge on any atom is -0.497 e. The van der Waals surface area contributed by atoms with Crippen molar-refractivity contribution in [3.05, 3.63) is 28.8 Å². The molecule has 1 amide bonds.